The van der Waals surface area contributed by atoms with E-state index in [1.165, 1.54) is 19.8 Å². The largest absolute Gasteiger partial charge is 0.206 e. The summed E-state index contributed by atoms with van der Waals surface area (Å²) in [4.78, 5) is 0. The van der Waals surface area contributed by atoms with Gasteiger partial charge in [-0.1, -0.05) is 74.4 Å². The van der Waals surface area contributed by atoms with E-state index in [1.54, 1.807) is 30.3 Å². The molecule has 0 radical (unpaired) electrons. The van der Waals surface area contributed by atoms with Gasteiger partial charge in [0.2, 0.25) is 0 Å². The Hall–Kier alpha value is -2.81. The van der Waals surface area contributed by atoms with Crippen LogP contribution in [0.15, 0.2) is 60.7 Å². The summed E-state index contributed by atoms with van der Waals surface area (Å²) < 4.78 is 43.1. The third-order valence-electron chi connectivity index (χ3n) is 6.34. The Morgan fingerprint density at radius 3 is 2.13 bits per heavy atom. The van der Waals surface area contributed by atoms with E-state index in [1.807, 2.05) is 24.3 Å². The van der Waals surface area contributed by atoms with Gasteiger partial charge >= 0.3 is 0 Å². The van der Waals surface area contributed by atoms with E-state index in [0.29, 0.717) is 11.1 Å². The number of aryl methyl sites for hydroxylation is 1. The number of rotatable bonds is 5. The molecule has 0 aliphatic heterocycles. The highest BCUT2D eigenvalue weighted by Gasteiger charge is 2.17. The van der Waals surface area contributed by atoms with Crippen molar-refractivity contribution in [3.05, 3.63) is 89.3 Å². The molecule has 3 heteroatoms. The number of hydrogen-bond acceptors (Lipinski definition) is 0. The van der Waals surface area contributed by atoms with Crippen LogP contribution in [-0.2, 0) is 0 Å². The number of halogens is 3. The van der Waals surface area contributed by atoms with Crippen molar-refractivity contribution in [2.45, 2.75) is 46.0 Å². The van der Waals surface area contributed by atoms with E-state index < -0.39 is 11.6 Å². The van der Waals surface area contributed by atoms with Gasteiger partial charge in [-0.2, -0.15) is 0 Å². The van der Waals surface area contributed by atoms with Gasteiger partial charge in [0.15, 0.2) is 11.6 Å². The molecule has 3 aromatic rings. The van der Waals surface area contributed by atoms with Crippen molar-refractivity contribution in [1.29, 1.82) is 0 Å². The van der Waals surface area contributed by atoms with Gasteiger partial charge in [-0.15, -0.1) is 0 Å². The standard InChI is InChI=1S/C28H27F3/c1-3-4-19-6-8-21(9-7-19)24-16-14-23(17-26(24)29)20-10-12-22(13-11-20)25-15-5-18(2)27(30)28(25)31/h5,8,10-17,19H,3-4,6-7,9H2,1-2H3. The summed E-state index contributed by atoms with van der Waals surface area (Å²) in [6, 6.07) is 15.6. The van der Waals surface area contributed by atoms with E-state index in [0.717, 1.165) is 41.9 Å². The maximum Gasteiger partial charge on any atom is 0.166 e. The molecule has 0 amide bonds. The molecule has 0 nitrogen and oxygen atoms in total. The topological polar surface area (TPSA) is 0 Å². The van der Waals surface area contributed by atoms with E-state index in [2.05, 4.69) is 13.0 Å². The number of hydrogen-bond donors (Lipinski definition) is 0. The fourth-order valence-corrected chi connectivity index (χ4v) is 4.47. The second-order valence-electron chi connectivity index (χ2n) is 8.49. The van der Waals surface area contributed by atoms with Crippen molar-refractivity contribution in [3.63, 3.8) is 0 Å². The molecule has 0 N–H and O–H groups in total. The zero-order valence-electron chi connectivity index (χ0n) is 18.0. The van der Waals surface area contributed by atoms with Crippen molar-refractivity contribution in [2.75, 3.05) is 0 Å². The molecule has 0 saturated carbocycles. The van der Waals surface area contributed by atoms with E-state index in [4.69, 9.17) is 0 Å². The lowest BCUT2D eigenvalue weighted by atomic mass is 9.84. The Kier molecular flexibility index (Phi) is 6.31. The van der Waals surface area contributed by atoms with Crippen LogP contribution in [0.3, 0.4) is 0 Å². The van der Waals surface area contributed by atoms with Crippen LogP contribution in [0, 0.1) is 30.3 Å². The van der Waals surface area contributed by atoms with E-state index in [9.17, 15) is 13.2 Å². The second kappa shape index (κ2) is 9.13. The summed E-state index contributed by atoms with van der Waals surface area (Å²) in [6.07, 6.45) is 7.71. The highest BCUT2D eigenvalue weighted by atomic mass is 19.2. The van der Waals surface area contributed by atoms with Crippen molar-refractivity contribution in [1.82, 2.24) is 0 Å². The molecule has 1 aliphatic carbocycles. The minimum atomic E-state index is -0.843. The number of benzene rings is 3. The van der Waals surface area contributed by atoms with Gasteiger partial charge in [0, 0.05) is 11.1 Å². The Bertz CT molecular complexity index is 1110. The van der Waals surface area contributed by atoms with Crippen LogP contribution in [0.25, 0.3) is 27.8 Å². The van der Waals surface area contributed by atoms with Gasteiger partial charge < -0.3 is 0 Å². The van der Waals surface area contributed by atoms with Crippen molar-refractivity contribution >= 4 is 5.57 Å². The summed E-state index contributed by atoms with van der Waals surface area (Å²) in [6.45, 7) is 3.75. The fraction of sp³-hybridized carbons (Fsp3) is 0.286. The third-order valence-corrected chi connectivity index (χ3v) is 6.34. The first-order valence-corrected chi connectivity index (χ1v) is 11.0. The first-order valence-electron chi connectivity index (χ1n) is 11.0. The molecule has 0 heterocycles. The average molecular weight is 421 g/mol. The minimum Gasteiger partial charge on any atom is -0.206 e. The van der Waals surface area contributed by atoms with Crippen molar-refractivity contribution < 1.29 is 13.2 Å². The third kappa shape index (κ3) is 4.46. The lowest BCUT2D eigenvalue weighted by Crippen LogP contribution is -2.05. The molecule has 0 saturated heterocycles. The molecule has 3 aromatic carbocycles. The van der Waals surface area contributed by atoms with Crippen LogP contribution in [0.5, 0.6) is 0 Å². The molecule has 0 aromatic heterocycles. The fourth-order valence-electron chi connectivity index (χ4n) is 4.47. The molecule has 160 valence electrons. The Morgan fingerprint density at radius 1 is 0.806 bits per heavy atom. The molecule has 4 rings (SSSR count). The van der Waals surface area contributed by atoms with E-state index in [-0.39, 0.29) is 16.9 Å². The lowest BCUT2D eigenvalue weighted by molar-refractivity contribution is 0.444. The Morgan fingerprint density at radius 2 is 1.48 bits per heavy atom. The van der Waals surface area contributed by atoms with Gasteiger partial charge in [0.25, 0.3) is 0 Å². The molecule has 1 atom stereocenters. The predicted molar refractivity (Wildman–Crippen MR) is 122 cm³/mol. The first-order chi connectivity index (χ1) is 15.0. The Labute approximate surface area is 182 Å². The summed E-state index contributed by atoms with van der Waals surface area (Å²) in [7, 11) is 0. The molecule has 1 aliphatic rings. The van der Waals surface area contributed by atoms with Gasteiger partial charge in [-0.25, -0.2) is 13.2 Å². The van der Waals surface area contributed by atoms with Crippen LogP contribution in [-0.4, -0.2) is 0 Å². The van der Waals surface area contributed by atoms with Crippen LogP contribution >= 0.6 is 0 Å². The predicted octanol–water partition coefficient (Wildman–Crippen LogP) is 8.73. The summed E-state index contributed by atoms with van der Waals surface area (Å²) >= 11 is 0. The molecular weight excluding hydrogens is 393 g/mol. The maximum absolute atomic E-state index is 14.9. The normalized spacial score (nSPS) is 16.3. The molecular formula is C28H27F3. The lowest BCUT2D eigenvalue weighted by Gasteiger charge is -2.22. The summed E-state index contributed by atoms with van der Waals surface area (Å²) in [5.74, 6) is -1.16. The molecule has 1 unspecified atom stereocenters. The maximum atomic E-state index is 14.9. The molecule has 0 fully saturated rings. The highest BCUT2D eigenvalue weighted by molar-refractivity contribution is 5.74. The van der Waals surface area contributed by atoms with Crippen LogP contribution in [0.2, 0.25) is 0 Å². The Balaban J connectivity index is 1.56. The molecule has 0 spiro atoms. The minimum absolute atomic E-state index is 0.214. The zero-order chi connectivity index (χ0) is 22.0. The van der Waals surface area contributed by atoms with Crippen LogP contribution < -0.4 is 0 Å². The quantitative estimate of drug-likeness (QED) is 0.387. The second-order valence-corrected chi connectivity index (χ2v) is 8.49. The van der Waals surface area contributed by atoms with Gasteiger partial charge in [-0.3, -0.25) is 0 Å². The summed E-state index contributed by atoms with van der Waals surface area (Å²) in [5, 5.41) is 0. The molecule has 0 bridgehead atoms. The first kappa shape index (κ1) is 21.4. The highest BCUT2D eigenvalue weighted by Crippen LogP contribution is 2.35. The van der Waals surface area contributed by atoms with Gasteiger partial charge in [0.1, 0.15) is 5.82 Å². The van der Waals surface area contributed by atoms with Gasteiger partial charge in [0.05, 0.1) is 0 Å². The summed E-state index contributed by atoms with van der Waals surface area (Å²) in [5.41, 5.74) is 4.48. The van der Waals surface area contributed by atoms with Crippen LogP contribution in [0.1, 0.15) is 50.2 Å². The van der Waals surface area contributed by atoms with Crippen molar-refractivity contribution in [2.24, 2.45) is 5.92 Å². The average Bonchev–Trinajstić information content (AvgIpc) is 2.79. The SMILES string of the molecule is CCCC1CC=C(c2ccc(-c3ccc(-c4ccc(C)c(F)c4F)cc3)cc2F)CC1. The monoisotopic (exact) mass is 420 g/mol. The molecule has 31 heavy (non-hydrogen) atoms. The zero-order valence-corrected chi connectivity index (χ0v) is 18.0. The van der Waals surface area contributed by atoms with E-state index >= 15 is 0 Å². The smallest absolute Gasteiger partial charge is 0.166 e. The number of allylic oxidation sites excluding steroid dienone is 2. The van der Waals surface area contributed by atoms with Crippen LogP contribution in [0.4, 0.5) is 13.2 Å². The van der Waals surface area contributed by atoms with Crippen molar-refractivity contribution in [3.8, 4) is 22.3 Å². The van der Waals surface area contributed by atoms with Gasteiger partial charge in [-0.05, 0) is 66.0 Å².